The number of methoxy groups -OCH3 is 2. The van der Waals surface area contributed by atoms with E-state index in [0.717, 1.165) is 16.5 Å². The van der Waals surface area contributed by atoms with Crippen LogP contribution in [0.15, 0.2) is 24.3 Å². The number of thiophene rings is 1. The van der Waals surface area contributed by atoms with Crippen LogP contribution in [-0.4, -0.2) is 71.0 Å². The largest absolute Gasteiger partial charge is 0.480 e. The van der Waals surface area contributed by atoms with Gasteiger partial charge >= 0.3 is 0 Å². The number of aryl methyl sites for hydroxylation is 1. The van der Waals surface area contributed by atoms with Gasteiger partial charge in [-0.05, 0) is 18.1 Å². The van der Waals surface area contributed by atoms with E-state index in [0.29, 0.717) is 54.1 Å². The van der Waals surface area contributed by atoms with Crippen molar-refractivity contribution < 1.29 is 19.2 Å². The van der Waals surface area contributed by atoms with Crippen LogP contribution in [0.4, 0.5) is 5.69 Å². The molecule has 11 heteroatoms. The Balaban J connectivity index is 1.47. The minimum Gasteiger partial charge on any atom is -0.480 e. The molecule has 0 radical (unpaired) electrons. The minimum atomic E-state index is -0.384. The SMILES string of the molecule is COCc1nc(OC)c2c(C)c(C(=O)N3CCN(Cc4cccc([N+](=O)[O-])c4)CC3)sc2n1. The molecule has 0 unspecified atom stereocenters. The molecule has 0 bridgehead atoms. The van der Waals surface area contributed by atoms with Gasteiger partial charge in [-0.1, -0.05) is 12.1 Å². The molecule has 174 valence electrons. The maximum absolute atomic E-state index is 13.3. The molecule has 0 atom stereocenters. The number of rotatable bonds is 7. The lowest BCUT2D eigenvalue weighted by Gasteiger charge is -2.34. The fourth-order valence-corrected chi connectivity index (χ4v) is 5.13. The number of nitrogens with zero attached hydrogens (tertiary/aromatic N) is 5. The van der Waals surface area contributed by atoms with Crippen molar-refractivity contribution in [1.29, 1.82) is 0 Å². The van der Waals surface area contributed by atoms with Gasteiger partial charge in [-0.25, -0.2) is 4.98 Å². The first-order valence-corrected chi connectivity index (χ1v) is 11.3. The summed E-state index contributed by atoms with van der Waals surface area (Å²) in [5.41, 5.74) is 1.80. The van der Waals surface area contributed by atoms with Gasteiger partial charge in [0.1, 0.15) is 11.4 Å². The van der Waals surface area contributed by atoms with Crippen molar-refractivity contribution in [3.8, 4) is 5.88 Å². The Kier molecular flexibility index (Phi) is 6.82. The number of fused-ring (bicyclic) bond motifs is 1. The van der Waals surface area contributed by atoms with Crippen molar-refractivity contribution >= 4 is 33.1 Å². The highest BCUT2D eigenvalue weighted by molar-refractivity contribution is 7.20. The van der Waals surface area contributed by atoms with E-state index in [1.807, 2.05) is 17.9 Å². The molecule has 1 aliphatic heterocycles. The van der Waals surface area contributed by atoms with Gasteiger partial charge in [0.25, 0.3) is 11.6 Å². The highest BCUT2D eigenvalue weighted by Crippen LogP contribution is 2.35. The van der Waals surface area contributed by atoms with Crippen LogP contribution in [0.1, 0.15) is 26.6 Å². The number of non-ortho nitro benzene ring substituents is 1. The van der Waals surface area contributed by atoms with Crippen LogP contribution in [0, 0.1) is 17.0 Å². The lowest BCUT2D eigenvalue weighted by atomic mass is 10.1. The molecule has 1 saturated heterocycles. The highest BCUT2D eigenvalue weighted by Gasteiger charge is 2.27. The molecular weight excluding hydrogens is 446 g/mol. The topological polar surface area (TPSA) is 111 Å². The van der Waals surface area contributed by atoms with Crippen LogP contribution in [0.2, 0.25) is 0 Å². The highest BCUT2D eigenvalue weighted by atomic mass is 32.1. The summed E-state index contributed by atoms with van der Waals surface area (Å²) in [4.78, 5) is 38.3. The Labute approximate surface area is 194 Å². The van der Waals surface area contributed by atoms with E-state index in [-0.39, 0.29) is 23.1 Å². The zero-order valence-corrected chi connectivity index (χ0v) is 19.6. The van der Waals surface area contributed by atoms with Crippen LogP contribution in [0.25, 0.3) is 10.2 Å². The molecule has 0 spiro atoms. The summed E-state index contributed by atoms with van der Waals surface area (Å²) >= 11 is 1.35. The first-order chi connectivity index (χ1) is 15.9. The van der Waals surface area contributed by atoms with Crippen molar-refractivity contribution in [2.45, 2.75) is 20.1 Å². The van der Waals surface area contributed by atoms with Crippen molar-refractivity contribution in [3.05, 3.63) is 56.2 Å². The summed E-state index contributed by atoms with van der Waals surface area (Å²) in [5, 5.41) is 11.8. The summed E-state index contributed by atoms with van der Waals surface area (Å²) in [6.45, 7) is 5.32. The molecule has 0 N–H and O–H groups in total. The molecular formula is C22H25N5O5S. The van der Waals surface area contributed by atoms with Gasteiger partial charge in [-0.15, -0.1) is 11.3 Å². The lowest BCUT2D eigenvalue weighted by molar-refractivity contribution is -0.384. The van der Waals surface area contributed by atoms with Crippen LogP contribution in [-0.2, 0) is 17.9 Å². The van der Waals surface area contributed by atoms with Gasteiger partial charge < -0.3 is 14.4 Å². The molecule has 1 aromatic carbocycles. The Morgan fingerprint density at radius 1 is 1.21 bits per heavy atom. The average molecular weight is 472 g/mol. The van der Waals surface area contributed by atoms with E-state index in [2.05, 4.69) is 14.9 Å². The standard InChI is InChI=1S/C22H25N5O5S/c1-14-18-20(32-3)23-17(13-31-2)24-21(18)33-19(14)22(28)26-9-7-25(8-10-26)12-15-5-4-6-16(11-15)27(29)30/h4-6,11H,7-10,12-13H2,1-3H3. The van der Waals surface area contributed by atoms with Crippen LogP contribution in [0.5, 0.6) is 5.88 Å². The van der Waals surface area contributed by atoms with Gasteiger partial charge in [-0.2, -0.15) is 4.98 Å². The number of piperazine rings is 1. The Morgan fingerprint density at radius 2 is 1.97 bits per heavy atom. The number of nitro groups is 1. The second-order valence-electron chi connectivity index (χ2n) is 7.81. The Hall–Kier alpha value is -3.15. The van der Waals surface area contributed by atoms with E-state index < -0.39 is 0 Å². The number of carbonyl (C=O) groups excluding carboxylic acids is 1. The number of hydrogen-bond acceptors (Lipinski definition) is 9. The van der Waals surface area contributed by atoms with Crippen LogP contribution < -0.4 is 4.74 Å². The molecule has 1 amide bonds. The van der Waals surface area contributed by atoms with Crippen molar-refractivity contribution in [3.63, 3.8) is 0 Å². The first kappa shape index (κ1) is 23.0. The summed E-state index contributed by atoms with van der Waals surface area (Å²) < 4.78 is 10.6. The monoisotopic (exact) mass is 471 g/mol. The third-order valence-corrected chi connectivity index (χ3v) is 6.83. The van der Waals surface area contributed by atoms with E-state index in [9.17, 15) is 14.9 Å². The second-order valence-corrected chi connectivity index (χ2v) is 8.81. The van der Waals surface area contributed by atoms with Gasteiger partial charge in [0.2, 0.25) is 5.88 Å². The summed E-state index contributed by atoms with van der Waals surface area (Å²) in [6, 6.07) is 6.68. The van der Waals surface area contributed by atoms with E-state index in [1.165, 1.54) is 17.4 Å². The van der Waals surface area contributed by atoms with Gasteiger partial charge in [0, 0.05) is 52.0 Å². The molecule has 1 aliphatic rings. The van der Waals surface area contributed by atoms with Crippen molar-refractivity contribution in [2.75, 3.05) is 40.4 Å². The van der Waals surface area contributed by atoms with E-state index in [1.54, 1.807) is 26.4 Å². The zero-order chi connectivity index (χ0) is 23.5. The normalized spacial score (nSPS) is 14.6. The van der Waals surface area contributed by atoms with Crippen molar-refractivity contribution in [2.24, 2.45) is 0 Å². The van der Waals surface area contributed by atoms with Crippen molar-refractivity contribution in [1.82, 2.24) is 19.8 Å². The summed E-state index contributed by atoms with van der Waals surface area (Å²) in [6.07, 6.45) is 0. The molecule has 2 aromatic heterocycles. The van der Waals surface area contributed by atoms with Crippen LogP contribution >= 0.6 is 11.3 Å². The number of ether oxygens (including phenoxy) is 2. The fraction of sp³-hybridized carbons (Fsp3) is 0.409. The number of nitro benzene ring substituents is 1. The van der Waals surface area contributed by atoms with E-state index in [4.69, 9.17) is 9.47 Å². The third-order valence-electron chi connectivity index (χ3n) is 5.65. The molecule has 10 nitrogen and oxygen atoms in total. The number of hydrogen-bond donors (Lipinski definition) is 0. The number of benzene rings is 1. The molecule has 1 fully saturated rings. The fourth-order valence-electron chi connectivity index (χ4n) is 3.97. The molecule has 0 aliphatic carbocycles. The first-order valence-electron chi connectivity index (χ1n) is 10.5. The number of aromatic nitrogens is 2. The minimum absolute atomic E-state index is 0.0270. The van der Waals surface area contributed by atoms with Gasteiger partial charge in [0.05, 0.1) is 22.3 Å². The number of amides is 1. The zero-order valence-electron chi connectivity index (χ0n) is 18.7. The lowest BCUT2D eigenvalue weighted by Crippen LogP contribution is -2.48. The predicted molar refractivity (Wildman–Crippen MR) is 124 cm³/mol. The predicted octanol–water partition coefficient (Wildman–Crippen LogP) is 3.02. The molecule has 33 heavy (non-hydrogen) atoms. The molecule has 3 aromatic rings. The maximum atomic E-state index is 13.3. The van der Waals surface area contributed by atoms with Gasteiger partial charge in [0.15, 0.2) is 5.82 Å². The second kappa shape index (κ2) is 9.77. The summed E-state index contributed by atoms with van der Waals surface area (Å²) in [5.74, 6) is 0.930. The average Bonchev–Trinajstić information content (AvgIpc) is 3.15. The molecule has 4 rings (SSSR count). The van der Waals surface area contributed by atoms with E-state index >= 15 is 0 Å². The maximum Gasteiger partial charge on any atom is 0.269 e. The van der Waals surface area contributed by atoms with Gasteiger partial charge in [-0.3, -0.25) is 19.8 Å². The third kappa shape index (κ3) is 4.80. The summed E-state index contributed by atoms with van der Waals surface area (Å²) in [7, 11) is 3.13. The quantitative estimate of drug-likeness (QED) is 0.382. The Morgan fingerprint density at radius 3 is 2.64 bits per heavy atom. The Bertz CT molecular complexity index is 1190. The molecule has 0 saturated carbocycles. The van der Waals surface area contributed by atoms with Crippen LogP contribution in [0.3, 0.4) is 0 Å². The molecule has 3 heterocycles. The smallest absolute Gasteiger partial charge is 0.269 e. The number of carbonyl (C=O) groups is 1.